The number of hydrogen-bond donors (Lipinski definition) is 1. The maximum absolute atomic E-state index is 13.7. The fourth-order valence-corrected chi connectivity index (χ4v) is 5.49. The largest absolute Gasteiger partial charge is 0.469 e. The predicted octanol–water partition coefficient (Wildman–Crippen LogP) is 6.36. The summed E-state index contributed by atoms with van der Waals surface area (Å²) >= 11 is 12.4. The van der Waals surface area contributed by atoms with Crippen molar-refractivity contribution in [3.8, 4) is 0 Å². The van der Waals surface area contributed by atoms with Crippen molar-refractivity contribution in [2.45, 2.75) is 91.0 Å². The van der Waals surface area contributed by atoms with Crippen LogP contribution < -0.4 is 5.32 Å². The van der Waals surface area contributed by atoms with Gasteiger partial charge < -0.3 is 14.8 Å². The van der Waals surface area contributed by atoms with Gasteiger partial charge in [0.2, 0.25) is 0 Å². The lowest BCUT2D eigenvalue weighted by molar-refractivity contribution is -0.141. The van der Waals surface area contributed by atoms with Gasteiger partial charge in [-0.2, -0.15) is 5.10 Å². The zero-order chi connectivity index (χ0) is 29.7. The minimum atomic E-state index is -0.713. The van der Waals surface area contributed by atoms with Crippen molar-refractivity contribution in [1.29, 1.82) is 0 Å². The second-order valence-electron chi connectivity index (χ2n) is 11.5. The van der Waals surface area contributed by atoms with Gasteiger partial charge in [0.15, 0.2) is 0 Å². The van der Waals surface area contributed by atoms with E-state index in [9.17, 15) is 9.59 Å². The van der Waals surface area contributed by atoms with Gasteiger partial charge in [0, 0.05) is 34.2 Å². The Bertz CT molecular complexity index is 1390. The van der Waals surface area contributed by atoms with Gasteiger partial charge in [-0.25, -0.2) is 0 Å². The first-order valence-corrected chi connectivity index (χ1v) is 14.7. The molecule has 41 heavy (non-hydrogen) atoms. The van der Waals surface area contributed by atoms with Crippen molar-refractivity contribution in [3.63, 3.8) is 0 Å². The fraction of sp³-hybridized carbons (Fsp3) is 0.484. The Morgan fingerprint density at radius 3 is 2.49 bits per heavy atom. The normalized spacial score (nSPS) is 13.9. The number of aromatic nitrogens is 3. The van der Waals surface area contributed by atoms with Gasteiger partial charge in [0.05, 0.1) is 37.3 Å². The molecule has 1 aliphatic carbocycles. The molecular formula is C31H38Cl2N4O4. The third-order valence-corrected chi connectivity index (χ3v) is 7.56. The first kappa shape index (κ1) is 31.0. The summed E-state index contributed by atoms with van der Waals surface area (Å²) in [5.41, 5.74) is 5.85. The zero-order valence-electron chi connectivity index (χ0n) is 24.4. The Morgan fingerprint density at radius 1 is 1.10 bits per heavy atom. The topological polar surface area (TPSA) is 95.3 Å². The monoisotopic (exact) mass is 600 g/mol. The molecule has 2 heterocycles. The molecule has 8 nitrogen and oxygen atoms in total. The minimum Gasteiger partial charge on any atom is -0.469 e. The first-order chi connectivity index (χ1) is 19.4. The van der Waals surface area contributed by atoms with Gasteiger partial charge in [0.1, 0.15) is 5.69 Å². The van der Waals surface area contributed by atoms with Crippen LogP contribution >= 0.6 is 23.2 Å². The number of fused-ring (bicyclic) bond motifs is 1. The van der Waals surface area contributed by atoms with E-state index in [-0.39, 0.29) is 18.9 Å². The van der Waals surface area contributed by atoms with Gasteiger partial charge in [-0.3, -0.25) is 19.3 Å². The molecular weight excluding hydrogens is 563 g/mol. The van der Waals surface area contributed by atoms with Crippen LogP contribution in [0.3, 0.4) is 0 Å². The lowest BCUT2D eigenvalue weighted by Crippen LogP contribution is -2.31. The molecule has 0 spiro atoms. The van der Waals surface area contributed by atoms with E-state index in [1.54, 1.807) is 29.1 Å². The fourth-order valence-electron chi connectivity index (χ4n) is 4.94. The van der Waals surface area contributed by atoms with Crippen molar-refractivity contribution in [3.05, 3.63) is 79.8 Å². The summed E-state index contributed by atoms with van der Waals surface area (Å²) in [5.74, 6) is -0.868. The molecule has 1 N–H and O–H groups in total. The first-order valence-electron chi connectivity index (χ1n) is 13.9. The molecule has 10 heteroatoms. The van der Waals surface area contributed by atoms with Crippen LogP contribution in [-0.4, -0.2) is 39.4 Å². The molecule has 1 aliphatic rings. The Balaban J connectivity index is 1.58. The summed E-state index contributed by atoms with van der Waals surface area (Å²) < 4.78 is 12.6. The van der Waals surface area contributed by atoms with E-state index >= 15 is 0 Å². The number of methoxy groups -OCH3 is 1. The Hall–Kier alpha value is -2.94. The lowest BCUT2D eigenvalue weighted by atomic mass is 9.93. The van der Waals surface area contributed by atoms with E-state index in [0.717, 1.165) is 25.0 Å². The third-order valence-electron chi connectivity index (χ3n) is 7.12. The highest BCUT2D eigenvalue weighted by Crippen LogP contribution is 2.27. The van der Waals surface area contributed by atoms with Crippen molar-refractivity contribution >= 4 is 35.1 Å². The number of aryl methyl sites for hydroxylation is 5. The average molecular weight is 602 g/mol. The van der Waals surface area contributed by atoms with E-state index in [4.69, 9.17) is 42.8 Å². The molecule has 1 atom stereocenters. The lowest BCUT2D eigenvalue weighted by Gasteiger charge is -2.20. The number of nitrogens with one attached hydrogen (secondary N) is 1. The number of carbonyl (C=O) groups excluding carboxylic acids is 2. The summed E-state index contributed by atoms with van der Waals surface area (Å²) in [7, 11) is 1.30. The SMILES string of the molecule is COC(=O)CC(NC(=O)c1cn(CCc2cc3c(nc2C)CCCC3)nc1COC(C)(C)C)c1cc(Cl)cc(Cl)c1. The van der Waals surface area contributed by atoms with Crippen LogP contribution in [-0.2, 0) is 46.7 Å². The van der Waals surface area contributed by atoms with E-state index in [0.29, 0.717) is 33.4 Å². The van der Waals surface area contributed by atoms with Gasteiger partial charge in [0.25, 0.3) is 5.91 Å². The second-order valence-corrected chi connectivity index (χ2v) is 12.3. The molecule has 0 fully saturated rings. The number of ether oxygens (including phenoxy) is 2. The van der Waals surface area contributed by atoms with Crippen LogP contribution in [0.5, 0.6) is 0 Å². The van der Waals surface area contributed by atoms with E-state index in [2.05, 4.69) is 18.3 Å². The van der Waals surface area contributed by atoms with Crippen molar-refractivity contribution in [2.75, 3.05) is 7.11 Å². The van der Waals surface area contributed by atoms with E-state index in [1.165, 1.54) is 36.8 Å². The van der Waals surface area contributed by atoms with Gasteiger partial charge >= 0.3 is 5.97 Å². The molecule has 4 rings (SSSR count). The molecule has 0 bridgehead atoms. The number of amides is 1. The Labute approximate surface area is 251 Å². The molecule has 0 saturated heterocycles. The predicted molar refractivity (Wildman–Crippen MR) is 159 cm³/mol. The van der Waals surface area contributed by atoms with Gasteiger partial charge in [-0.15, -0.1) is 0 Å². The van der Waals surface area contributed by atoms with Crippen LogP contribution in [0.4, 0.5) is 0 Å². The molecule has 220 valence electrons. The average Bonchev–Trinajstić information content (AvgIpc) is 3.32. The molecule has 1 unspecified atom stereocenters. The second kappa shape index (κ2) is 13.4. The smallest absolute Gasteiger partial charge is 0.307 e. The molecule has 1 amide bonds. The number of pyridine rings is 1. The summed E-state index contributed by atoms with van der Waals surface area (Å²) in [4.78, 5) is 30.8. The summed E-state index contributed by atoms with van der Waals surface area (Å²) in [6.45, 7) is 8.63. The van der Waals surface area contributed by atoms with E-state index < -0.39 is 17.6 Å². The molecule has 0 saturated carbocycles. The minimum absolute atomic E-state index is 0.0918. The molecule has 2 aromatic heterocycles. The van der Waals surface area contributed by atoms with Crippen molar-refractivity contribution < 1.29 is 19.1 Å². The zero-order valence-corrected chi connectivity index (χ0v) is 25.9. The van der Waals surface area contributed by atoms with Crippen LogP contribution in [0.15, 0.2) is 30.5 Å². The number of esters is 1. The highest BCUT2D eigenvalue weighted by molar-refractivity contribution is 6.34. The number of hydrogen-bond acceptors (Lipinski definition) is 6. The standard InChI is InChI=1S/C31H38Cl2N4O4/c1-19-20(12-21-8-6-7-9-26(21)34-19)10-11-37-17-25(28(36-37)18-41-31(2,3)4)30(39)35-27(16-29(38)40-5)22-13-23(32)15-24(33)14-22/h12-15,17,27H,6-11,16,18H2,1-5H3,(H,35,39). The van der Waals surface area contributed by atoms with Gasteiger partial charge in [-0.05, 0) is 94.7 Å². The quantitative estimate of drug-likeness (QED) is 0.272. The maximum Gasteiger partial charge on any atom is 0.307 e. The number of halogens is 2. The number of rotatable bonds is 10. The van der Waals surface area contributed by atoms with Crippen molar-refractivity contribution in [2.24, 2.45) is 0 Å². The van der Waals surface area contributed by atoms with Gasteiger partial charge in [-0.1, -0.05) is 29.3 Å². The Morgan fingerprint density at radius 2 is 1.80 bits per heavy atom. The summed E-state index contributed by atoms with van der Waals surface area (Å²) in [5, 5.41) is 8.49. The van der Waals surface area contributed by atoms with Crippen LogP contribution in [0.2, 0.25) is 10.0 Å². The summed E-state index contributed by atoms with van der Waals surface area (Å²) in [6, 6.07) is 6.50. The molecule has 1 aromatic carbocycles. The highest BCUT2D eigenvalue weighted by atomic mass is 35.5. The molecule has 3 aromatic rings. The van der Waals surface area contributed by atoms with Crippen molar-refractivity contribution in [1.82, 2.24) is 20.1 Å². The number of nitrogens with zero attached hydrogens (tertiary/aromatic N) is 3. The number of benzene rings is 1. The highest BCUT2D eigenvalue weighted by Gasteiger charge is 2.25. The maximum atomic E-state index is 13.7. The number of carbonyl (C=O) groups is 2. The van der Waals surface area contributed by atoms with Crippen LogP contribution in [0.25, 0.3) is 0 Å². The molecule has 0 aliphatic heterocycles. The summed E-state index contributed by atoms with van der Waals surface area (Å²) in [6.07, 6.45) is 6.89. The van der Waals surface area contributed by atoms with Crippen LogP contribution in [0, 0.1) is 6.92 Å². The third kappa shape index (κ3) is 8.53. The molecule has 0 radical (unpaired) electrons. The Kier molecular flexibility index (Phi) is 10.1. The van der Waals surface area contributed by atoms with E-state index in [1.807, 2.05) is 20.8 Å². The van der Waals surface area contributed by atoms with Crippen LogP contribution in [0.1, 0.15) is 90.2 Å².